The van der Waals surface area contributed by atoms with Crippen molar-refractivity contribution in [3.63, 3.8) is 0 Å². The van der Waals surface area contributed by atoms with Crippen LogP contribution in [0.15, 0.2) is 12.5 Å². The van der Waals surface area contributed by atoms with E-state index in [1.807, 2.05) is 38.7 Å². The summed E-state index contributed by atoms with van der Waals surface area (Å²) in [4.78, 5) is 14.4. The van der Waals surface area contributed by atoms with E-state index in [0.717, 1.165) is 42.1 Å². The summed E-state index contributed by atoms with van der Waals surface area (Å²) in [6, 6.07) is 0. The molecule has 130 valence electrons. The van der Waals surface area contributed by atoms with Crippen LogP contribution in [0.1, 0.15) is 25.1 Å². The number of aryl methyl sites for hydroxylation is 1. The number of nitrogens with zero attached hydrogens (tertiary/aromatic N) is 3. The number of H-pyrrole nitrogens is 1. The van der Waals surface area contributed by atoms with Crippen molar-refractivity contribution in [1.82, 2.24) is 19.9 Å². The van der Waals surface area contributed by atoms with Crippen molar-refractivity contribution >= 4 is 22.8 Å². The maximum absolute atomic E-state index is 6.34. The van der Waals surface area contributed by atoms with Crippen LogP contribution in [0.3, 0.4) is 0 Å². The van der Waals surface area contributed by atoms with Crippen molar-refractivity contribution in [3.05, 3.63) is 23.8 Å². The molecular formula is C17H24N4O2S. The van der Waals surface area contributed by atoms with Crippen LogP contribution in [0.25, 0.3) is 11.0 Å². The molecule has 2 atom stereocenters. The molecule has 6 nitrogen and oxygen atoms in total. The van der Waals surface area contributed by atoms with Gasteiger partial charge in [-0.25, -0.2) is 9.97 Å². The van der Waals surface area contributed by atoms with Gasteiger partial charge >= 0.3 is 0 Å². The third-order valence-electron chi connectivity index (χ3n) is 4.89. The van der Waals surface area contributed by atoms with Crippen molar-refractivity contribution < 1.29 is 9.47 Å². The molecule has 0 bridgehead atoms. The Balaban J connectivity index is 1.56. The van der Waals surface area contributed by atoms with Gasteiger partial charge in [0, 0.05) is 37.1 Å². The first-order valence-electron chi connectivity index (χ1n) is 8.29. The second-order valence-corrected chi connectivity index (χ2v) is 8.14. The molecule has 0 amide bonds. The van der Waals surface area contributed by atoms with E-state index >= 15 is 0 Å². The van der Waals surface area contributed by atoms with Crippen LogP contribution in [0, 0.1) is 6.92 Å². The second kappa shape index (κ2) is 5.69. The molecule has 4 heterocycles. The predicted octanol–water partition coefficient (Wildman–Crippen LogP) is 2.34. The van der Waals surface area contributed by atoms with Crippen molar-refractivity contribution in [2.75, 3.05) is 25.1 Å². The number of rotatable bonds is 4. The molecule has 0 unspecified atom stereocenters. The zero-order valence-electron chi connectivity index (χ0n) is 14.6. The summed E-state index contributed by atoms with van der Waals surface area (Å²) < 4.78 is 12.5. The summed E-state index contributed by atoms with van der Waals surface area (Å²) in [5.41, 5.74) is 4.02. The molecule has 1 N–H and O–H groups in total. The van der Waals surface area contributed by atoms with Gasteiger partial charge in [-0.2, -0.15) is 11.8 Å². The monoisotopic (exact) mass is 348 g/mol. The van der Waals surface area contributed by atoms with Gasteiger partial charge in [-0.15, -0.1) is 0 Å². The Morgan fingerprint density at radius 3 is 3.04 bits per heavy atom. The summed E-state index contributed by atoms with van der Waals surface area (Å²) in [5, 5.41) is 0. The fourth-order valence-corrected chi connectivity index (χ4v) is 4.88. The highest BCUT2D eigenvalue weighted by atomic mass is 32.2. The standard InChI is InChI=1S/C17H24N4O2S/c1-11-14-15(20-10-19-11)12(5-18-14)6-21-7-13-17(8-21,9-24-4)23-16(2,3)22-13/h5,10,13,18H,6-9H2,1-4H3/t13-,17+/m1/s1. The van der Waals surface area contributed by atoms with Crippen LogP contribution in [0.5, 0.6) is 0 Å². The first-order chi connectivity index (χ1) is 11.4. The van der Waals surface area contributed by atoms with Gasteiger partial charge in [-0.3, -0.25) is 4.90 Å². The van der Waals surface area contributed by atoms with Crippen LogP contribution in [-0.4, -0.2) is 62.4 Å². The first kappa shape index (κ1) is 16.3. The first-order valence-corrected chi connectivity index (χ1v) is 9.69. The molecule has 0 aliphatic carbocycles. The van der Waals surface area contributed by atoms with E-state index in [0.29, 0.717) is 0 Å². The van der Waals surface area contributed by atoms with Crippen LogP contribution in [0.2, 0.25) is 0 Å². The fraction of sp³-hybridized carbons (Fsp3) is 0.647. The van der Waals surface area contributed by atoms with E-state index in [1.54, 1.807) is 6.33 Å². The number of aromatic nitrogens is 3. The van der Waals surface area contributed by atoms with Gasteiger partial charge in [0.2, 0.25) is 0 Å². The molecule has 2 aliphatic rings. The highest BCUT2D eigenvalue weighted by Gasteiger charge is 2.57. The zero-order chi connectivity index (χ0) is 16.9. The largest absolute Gasteiger partial charge is 0.358 e. The molecule has 4 rings (SSSR count). The Hall–Kier alpha value is -1.15. The Morgan fingerprint density at radius 1 is 1.42 bits per heavy atom. The maximum Gasteiger partial charge on any atom is 0.164 e. The molecule has 24 heavy (non-hydrogen) atoms. The molecule has 0 aromatic carbocycles. The number of fused-ring (bicyclic) bond motifs is 2. The minimum absolute atomic E-state index is 0.126. The Morgan fingerprint density at radius 2 is 2.25 bits per heavy atom. The van der Waals surface area contributed by atoms with Crippen LogP contribution >= 0.6 is 11.8 Å². The fourth-order valence-electron chi connectivity index (χ4n) is 4.06. The average molecular weight is 348 g/mol. The summed E-state index contributed by atoms with van der Waals surface area (Å²) in [6.07, 6.45) is 5.94. The zero-order valence-corrected chi connectivity index (χ0v) is 15.4. The van der Waals surface area contributed by atoms with E-state index < -0.39 is 5.79 Å². The molecule has 2 saturated heterocycles. The molecule has 0 spiro atoms. The number of hydrogen-bond donors (Lipinski definition) is 1. The molecule has 2 fully saturated rings. The number of aromatic amines is 1. The number of hydrogen-bond acceptors (Lipinski definition) is 6. The lowest BCUT2D eigenvalue weighted by atomic mass is 10.0. The molecule has 7 heteroatoms. The van der Waals surface area contributed by atoms with Gasteiger partial charge < -0.3 is 14.5 Å². The van der Waals surface area contributed by atoms with Crippen LogP contribution < -0.4 is 0 Å². The summed E-state index contributed by atoms with van der Waals surface area (Å²) in [5.74, 6) is 0.463. The van der Waals surface area contributed by atoms with Crippen molar-refractivity contribution in [2.24, 2.45) is 0 Å². The van der Waals surface area contributed by atoms with E-state index in [9.17, 15) is 0 Å². The van der Waals surface area contributed by atoms with E-state index in [4.69, 9.17) is 9.47 Å². The lowest BCUT2D eigenvalue weighted by molar-refractivity contribution is -0.169. The smallest absolute Gasteiger partial charge is 0.164 e. The molecule has 2 aromatic heterocycles. The van der Waals surface area contributed by atoms with Gasteiger partial charge in [0.15, 0.2) is 5.79 Å². The highest BCUT2D eigenvalue weighted by molar-refractivity contribution is 7.98. The van der Waals surface area contributed by atoms with Gasteiger partial charge in [0.05, 0.1) is 16.7 Å². The lowest BCUT2D eigenvalue weighted by Crippen LogP contribution is -2.43. The van der Waals surface area contributed by atoms with Crippen molar-refractivity contribution in [1.29, 1.82) is 0 Å². The molecule has 2 aliphatic heterocycles. The highest BCUT2D eigenvalue weighted by Crippen LogP contribution is 2.43. The Kier molecular flexibility index (Phi) is 3.87. The SMILES string of the molecule is CSC[C@@]12CN(Cc3c[nH]c4c(C)ncnc34)C[C@H]1OC(C)(C)O2. The van der Waals surface area contributed by atoms with Crippen molar-refractivity contribution in [2.45, 2.75) is 44.8 Å². The van der Waals surface area contributed by atoms with E-state index in [-0.39, 0.29) is 11.7 Å². The molecule has 0 saturated carbocycles. The minimum Gasteiger partial charge on any atom is -0.358 e. The predicted molar refractivity (Wildman–Crippen MR) is 95.1 cm³/mol. The number of nitrogens with one attached hydrogen (secondary N) is 1. The van der Waals surface area contributed by atoms with Crippen LogP contribution in [-0.2, 0) is 16.0 Å². The summed E-state index contributed by atoms with van der Waals surface area (Å²) >= 11 is 1.82. The Labute approximate surface area is 146 Å². The molecule has 0 radical (unpaired) electrons. The third kappa shape index (κ3) is 2.63. The topological polar surface area (TPSA) is 63.3 Å². The van der Waals surface area contributed by atoms with Gasteiger partial charge in [0.1, 0.15) is 18.0 Å². The quantitative estimate of drug-likeness (QED) is 0.915. The van der Waals surface area contributed by atoms with Gasteiger partial charge in [-0.1, -0.05) is 0 Å². The normalized spacial score (nSPS) is 29.4. The van der Waals surface area contributed by atoms with E-state index in [1.165, 1.54) is 5.56 Å². The Bertz CT molecular complexity index is 762. The van der Waals surface area contributed by atoms with Crippen molar-refractivity contribution in [3.8, 4) is 0 Å². The maximum atomic E-state index is 6.34. The number of likely N-dealkylation sites (tertiary alicyclic amines) is 1. The third-order valence-corrected chi connectivity index (χ3v) is 5.67. The summed E-state index contributed by atoms with van der Waals surface area (Å²) in [7, 11) is 0. The second-order valence-electron chi connectivity index (χ2n) is 7.27. The molecular weight excluding hydrogens is 324 g/mol. The van der Waals surface area contributed by atoms with Crippen LogP contribution in [0.4, 0.5) is 0 Å². The van der Waals surface area contributed by atoms with E-state index in [2.05, 4.69) is 26.1 Å². The summed E-state index contributed by atoms with van der Waals surface area (Å²) in [6.45, 7) is 8.64. The lowest BCUT2D eigenvalue weighted by Gasteiger charge is -2.28. The number of thioether (sulfide) groups is 1. The minimum atomic E-state index is -0.488. The van der Waals surface area contributed by atoms with Gasteiger partial charge in [0.25, 0.3) is 0 Å². The average Bonchev–Trinajstić information content (AvgIpc) is 3.09. The molecule has 2 aromatic rings. The van der Waals surface area contributed by atoms with Gasteiger partial charge in [-0.05, 0) is 27.0 Å². The number of ether oxygens (including phenoxy) is 2.